The lowest BCUT2D eigenvalue weighted by molar-refractivity contribution is -0.396. The van der Waals surface area contributed by atoms with Crippen LogP contribution in [0.25, 0.3) is 17.2 Å². The largest absolute Gasteiger partial charge is 0.434 e. The lowest BCUT2D eigenvalue weighted by Crippen LogP contribution is -2.18. The molecular weight excluding hydrogens is 292 g/mol. The van der Waals surface area contributed by atoms with Gasteiger partial charge in [0.2, 0.25) is 5.82 Å². The van der Waals surface area contributed by atoms with Crippen molar-refractivity contribution < 1.29 is 4.92 Å². The maximum absolute atomic E-state index is 10.9. The molecule has 0 aromatic carbocycles. The van der Waals surface area contributed by atoms with Crippen molar-refractivity contribution in [2.45, 2.75) is 0 Å². The number of imidazole rings is 1. The first-order valence-corrected chi connectivity index (χ1v) is 5.95. The van der Waals surface area contributed by atoms with E-state index in [1.54, 1.807) is 12.1 Å². The number of hydrazone groups is 1. The molecule has 0 amide bonds. The number of hydrogen-bond acceptors (Lipinski definition) is 8. The number of aromatic nitrogens is 6. The number of rotatable bonds is 3. The van der Waals surface area contributed by atoms with Gasteiger partial charge in [-0.1, -0.05) is 4.98 Å². The summed E-state index contributed by atoms with van der Waals surface area (Å²) in [6.07, 6.45) is 1.32. The van der Waals surface area contributed by atoms with Gasteiger partial charge in [-0.05, 0) is 17.1 Å². The number of fused-ring (bicyclic) bond motifs is 1. The molecule has 0 aliphatic carbocycles. The fourth-order valence-corrected chi connectivity index (χ4v) is 1.93. The lowest BCUT2D eigenvalue weighted by Gasteiger charge is -2.01. The van der Waals surface area contributed by atoms with Crippen LogP contribution in [0.4, 0.5) is 5.95 Å². The van der Waals surface area contributed by atoms with Gasteiger partial charge in [0.05, 0.1) is 7.05 Å². The van der Waals surface area contributed by atoms with E-state index in [1.165, 1.54) is 22.3 Å². The monoisotopic (exact) mass is 302 g/mol. The zero-order valence-electron chi connectivity index (χ0n) is 11.3. The normalized spacial score (nSPS) is 12.0. The van der Waals surface area contributed by atoms with Crippen LogP contribution in [0.2, 0.25) is 0 Å². The summed E-state index contributed by atoms with van der Waals surface area (Å²) in [5, 5.41) is 26.4. The number of amidine groups is 1. The predicted octanol–water partition coefficient (Wildman–Crippen LogP) is -0.988. The zero-order valence-corrected chi connectivity index (χ0v) is 11.3. The van der Waals surface area contributed by atoms with Gasteiger partial charge in [-0.3, -0.25) is 0 Å². The fourth-order valence-electron chi connectivity index (χ4n) is 1.93. The summed E-state index contributed by atoms with van der Waals surface area (Å²) in [7, 11) is 1.50. The molecule has 0 bridgehead atoms. The summed E-state index contributed by atoms with van der Waals surface area (Å²) in [6.45, 7) is 0. The van der Waals surface area contributed by atoms with Crippen LogP contribution in [-0.2, 0) is 7.05 Å². The van der Waals surface area contributed by atoms with Crippen LogP contribution < -0.4 is 11.6 Å². The topological polar surface area (TPSA) is 168 Å². The molecule has 0 aliphatic rings. The van der Waals surface area contributed by atoms with E-state index in [0.717, 1.165) is 0 Å². The highest BCUT2D eigenvalue weighted by Crippen LogP contribution is 2.21. The van der Waals surface area contributed by atoms with E-state index in [0.29, 0.717) is 17.0 Å². The van der Waals surface area contributed by atoms with Crippen molar-refractivity contribution in [3.8, 4) is 11.5 Å². The molecule has 12 nitrogen and oxygen atoms in total. The highest BCUT2D eigenvalue weighted by atomic mass is 16.6. The van der Waals surface area contributed by atoms with Crippen molar-refractivity contribution in [1.82, 2.24) is 29.4 Å². The summed E-state index contributed by atoms with van der Waals surface area (Å²) < 4.78 is 2.67. The average molecular weight is 302 g/mol. The minimum absolute atomic E-state index is 0.0394. The van der Waals surface area contributed by atoms with E-state index >= 15 is 0 Å². The molecule has 12 heteroatoms. The molecule has 4 N–H and O–H groups in total. The molecule has 112 valence electrons. The second-order valence-corrected chi connectivity index (χ2v) is 4.29. The van der Waals surface area contributed by atoms with Crippen LogP contribution >= 0.6 is 0 Å². The van der Waals surface area contributed by atoms with Gasteiger partial charge in [-0.2, -0.15) is 14.7 Å². The standard InChI is InChI=1S/C10H10N10O2/c1-18-6(4-13-10(18)20(21)22)9-16-15-7-3-2-5(8(11)14-12)17-19(7)9/h2-4H,12H2,1H3,(H2,11,14). The summed E-state index contributed by atoms with van der Waals surface area (Å²) in [6, 6.07) is 3.22. The van der Waals surface area contributed by atoms with Crippen molar-refractivity contribution >= 4 is 17.4 Å². The van der Waals surface area contributed by atoms with E-state index in [4.69, 9.17) is 11.6 Å². The minimum Gasteiger partial charge on any atom is -0.390 e. The smallest absolute Gasteiger partial charge is 0.390 e. The molecule has 0 saturated carbocycles. The van der Waals surface area contributed by atoms with Crippen LogP contribution in [0, 0.1) is 10.1 Å². The van der Waals surface area contributed by atoms with Gasteiger partial charge in [-0.15, -0.1) is 10.2 Å². The molecule has 3 heterocycles. The minimum atomic E-state index is -0.593. The molecule has 22 heavy (non-hydrogen) atoms. The van der Waals surface area contributed by atoms with E-state index in [9.17, 15) is 10.1 Å². The van der Waals surface area contributed by atoms with E-state index < -0.39 is 4.92 Å². The molecule has 0 unspecified atom stereocenters. The van der Waals surface area contributed by atoms with E-state index in [-0.39, 0.29) is 17.6 Å². The molecule has 3 rings (SSSR count). The maximum atomic E-state index is 10.9. The third-order valence-corrected chi connectivity index (χ3v) is 3.02. The highest BCUT2D eigenvalue weighted by Gasteiger charge is 2.23. The van der Waals surface area contributed by atoms with Gasteiger partial charge >= 0.3 is 5.95 Å². The van der Waals surface area contributed by atoms with Crippen LogP contribution in [0.3, 0.4) is 0 Å². The summed E-state index contributed by atoms with van der Waals surface area (Å²) >= 11 is 0. The van der Waals surface area contributed by atoms with Gasteiger partial charge in [0.25, 0.3) is 0 Å². The first-order valence-electron chi connectivity index (χ1n) is 5.95. The molecular formula is C10H10N10O2. The van der Waals surface area contributed by atoms with Gasteiger partial charge in [0.15, 0.2) is 17.2 Å². The molecule has 0 spiro atoms. The van der Waals surface area contributed by atoms with Gasteiger partial charge < -0.3 is 21.7 Å². The Morgan fingerprint density at radius 3 is 2.82 bits per heavy atom. The molecule has 3 aromatic rings. The first-order chi connectivity index (χ1) is 10.5. The van der Waals surface area contributed by atoms with E-state index in [1.807, 2.05) is 0 Å². The predicted molar refractivity (Wildman–Crippen MR) is 74.6 cm³/mol. The molecule has 0 fully saturated rings. The van der Waals surface area contributed by atoms with Crippen LogP contribution in [0.5, 0.6) is 0 Å². The Bertz CT molecular complexity index is 908. The maximum Gasteiger partial charge on any atom is 0.434 e. The Morgan fingerprint density at radius 2 is 2.18 bits per heavy atom. The molecule has 0 atom stereocenters. The average Bonchev–Trinajstić information content (AvgIpc) is 3.08. The number of hydrogen-bond donors (Lipinski definition) is 2. The number of nitrogens with zero attached hydrogens (tertiary/aromatic N) is 8. The Hall–Kier alpha value is -3.57. The first kappa shape index (κ1) is 13.4. The van der Waals surface area contributed by atoms with Crippen LogP contribution in [0.1, 0.15) is 5.69 Å². The van der Waals surface area contributed by atoms with Crippen molar-refractivity contribution in [3.05, 3.63) is 34.1 Å². The third kappa shape index (κ3) is 1.90. The summed E-state index contributed by atoms with van der Waals surface area (Å²) in [5.41, 5.74) is 6.76. The molecule has 0 radical (unpaired) electrons. The SMILES string of the molecule is Cn1c(-c2nnc3ccc(C(N)=NN)nn23)cnc1[N+](=O)[O-]. The fraction of sp³-hybridized carbons (Fsp3) is 0.100. The molecule has 0 saturated heterocycles. The van der Waals surface area contributed by atoms with Crippen molar-refractivity contribution in [2.24, 2.45) is 23.7 Å². The Morgan fingerprint density at radius 1 is 1.41 bits per heavy atom. The summed E-state index contributed by atoms with van der Waals surface area (Å²) in [5.74, 6) is 5.13. The Labute approximate surface area is 122 Å². The lowest BCUT2D eigenvalue weighted by atomic mass is 10.3. The third-order valence-electron chi connectivity index (χ3n) is 3.02. The van der Waals surface area contributed by atoms with Crippen LogP contribution in [0.15, 0.2) is 23.4 Å². The number of nitrogens with two attached hydrogens (primary N) is 2. The van der Waals surface area contributed by atoms with Gasteiger partial charge in [0, 0.05) is 0 Å². The Kier molecular flexibility index (Phi) is 2.90. The molecule has 3 aromatic heterocycles. The number of nitro groups is 1. The molecule has 0 aliphatic heterocycles. The Balaban J connectivity index is 2.21. The quantitative estimate of drug-likeness (QED) is 0.204. The van der Waals surface area contributed by atoms with Crippen molar-refractivity contribution in [3.63, 3.8) is 0 Å². The van der Waals surface area contributed by atoms with Crippen molar-refractivity contribution in [1.29, 1.82) is 0 Å². The highest BCUT2D eigenvalue weighted by molar-refractivity contribution is 5.95. The van der Waals surface area contributed by atoms with Gasteiger partial charge in [0.1, 0.15) is 11.9 Å². The summed E-state index contributed by atoms with van der Waals surface area (Å²) in [4.78, 5) is 14.0. The second kappa shape index (κ2) is 4.76. The van der Waals surface area contributed by atoms with E-state index in [2.05, 4.69) is 25.4 Å². The van der Waals surface area contributed by atoms with Crippen LogP contribution in [-0.4, -0.2) is 40.1 Å². The van der Waals surface area contributed by atoms with Crippen molar-refractivity contribution in [2.75, 3.05) is 0 Å². The second-order valence-electron chi connectivity index (χ2n) is 4.29. The zero-order chi connectivity index (χ0) is 15.9. The van der Waals surface area contributed by atoms with Gasteiger partial charge in [-0.25, -0.2) is 4.57 Å².